The van der Waals surface area contributed by atoms with Crippen molar-refractivity contribution in [2.24, 2.45) is 7.05 Å². The van der Waals surface area contributed by atoms with Gasteiger partial charge >= 0.3 is 0 Å². The molecule has 0 aliphatic rings. The monoisotopic (exact) mass is 438 g/mol. The van der Waals surface area contributed by atoms with Crippen LogP contribution in [0, 0.1) is 20.8 Å². The lowest BCUT2D eigenvalue weighted by molar-refractivity contribution is -0.113. The number of thioether (sulfide) groups is 1. The van der Waals surface area contributed by atoms with Gasteiger partial charge in [-0.1, -0.05) is 43.8 Å². The average Bonchev–Trinajstić information content (AvgIpc) is 3.07. The van der Waals surface area contributed by atoms with E-state index in [1.165, 1.54) is 22.9 Å². The normalized spacial score (nSPS) is 11.1. The van der Waals surface area contributed by atoms with E-state index >= 15 is 0 Å². The number of ether oxygens (including phenoxy) is 1. The summed E-state index contributed by atoms with van der Waals surface area (Å²) in [6.45, 7) is 10.8. The van der Waals surface area contributed by atoms with Crippen LogP contribution in [0.15, 0.2) is 41.6 Å². The smallest absolute Gasteiger partial charge is 0.234 e. The Bertz CT molecular complexity index is 1080. The molecule has 1 amide bonds. The zero-order chi connectivity index (χ0) is 22.5. The molecule has 0 bridgehead atoms. The molecule has 1 heterocycles. The van der Waals surface area contributed by atoms with Crippen molar-refractivity contribution in [1.82, 2.24) is 14.8 Å². The largest absolute Gasteiger partial charge is 0.485 e. The first-order chi connectivity index (χ1) is 14.7. The summed E-state index contributed by atoms with van der Waals surface area (Å²) in [6, 6.07) is 12.2. The quantitative estimate of drug-likeness (QED) is 0.491. The van der Waals surface area contributed by atoms with Crippen LogP contribution in [0.2, 0.25) is 0 Å². The lowest BCUT2D eigenvalue weighted by atomic mass is 10.0. The minimum atomic E-state index is -0.0737. The third-order valence-corrected chi connectivity index (χ3v) is 6.22. The van der Waals surface area contributed by atoms with Gasteiger partial charge in [-0.05, 0) is 67.1 Å². The molecule has 164 valence electrons. The van der Waals surface area contributed by atoms with Crippen molar-refractivity contribution >= 4 is 23.4 Å². The number of rotatable bonds is 8. The molecule has 1 N–H and O–H groups in total. The van der Waals surface area contributed by atoms with Gasteiger partial charge in [0, 0.05) is 12.7 Å². The predicted molar refractivity (Wildman–Crippen MR) is 126 cm³/mol. The molecule has 3 aromatic rings. The average molecular weight is 439 g/mol. The van der Waals surface area contributed by atoms with Crippen molar-refractivity contribution in [1.29, 1.82) is 0 Å². The fourth-order valence-corrected chi connectivity index (χ4v) is 3.86. The van der Waals surface area contributed by atoms with E-state index < -0.39 is 0 Å². The molecule has 0 radical (unpaired) electrons. The molecule has 2 aromatic carbocycles. The Balaban J connectivity index is 1.58. The number of carbonyl (C=O) groups is 1. The van der Waals surface area contributed by atoms with Gasteiger partial charge in [-0.3, -0.25) is 4.79 Å². The second-order valence-electron chi connectivity index (χ2n) is 8.08. The summed E-state index contributed by atoms with van der Waals surface area (Å²) >= 11 is 1.36. The Hall–Kier alpha value is -2.80. The van der Waals surface area contributed by atoms with Crippen LogP contribution in [-0.2, 0) is 18.4 Å². The van der Waals surface area contributed by atoms with E-state index in [0.29, 0.717) is 23.5 Å². The lowest BCUT2D eigenvalue weighted by Crippen LogP contribution is -2.14. The van der Waals surface area contributed by atoms with E-state index in [0.717, 1.165) is 22.6 Å². The molecule has 0 spiro atoms. The highest BCUT2D eigenvalue weighted by Gasteiger charge is 2.14. The summed E-state index contributed by atoms with van der Waals surface area (Å²) in [7, 11) is 1.89. The number of hydrogen-bond donors (Lipinski definition) is 1. The van der Waals surface area contributed by atoms with E-state index in [9.17, 15) is 4.79 Å². The second-order valence-corrected chi connectivity index (χ2v) is 9.02. The Kier molecular flexibility index (Phi) is 7.38. The molecule has 0 unspecified atom stereocenters. The van der Waals surface area contributed by atoms with Gasteiger partial charge < -0.3 is 14.6 Å². The molecule has 0 atom stereocenters. The second kappa shape index (κ2) is 10.0. The third kappa shape index (κ3) is 5.88. The zero-order valence-electron chi connectivity index (χ0n) is 19.0. The van der Waals surface area contributed by atoms with Crippen molar-refractivity contribution in [2.75, 3.05) is 11.1 Å². The van der Waals surface area contributed by atoms with E-state index in [1.807, 2.05) is 36.7 Å². The maximum Gasteiger partial charge on any atom is 0.234 e. The molecule has 7 heteroatoms. The van der Waals surface area contributed by atoms with E-state index in [4.69, 9.17) is 4.74 Å². The fraction of sp³-hybridized carbons (Fsp3) is 0.375. The van der Waals surface area contributed by atoms with Gasteiger partial charge in [0.2, 0.25) is 5.91 Å². The summed E-state index contributed by atoms with van der Waals surface area (Å²) in [5.74, 6) is 2.15. The zero-order valence-corrected chi connectivity index (χ0v) is 19.8. The first-order valence-electron chi connectivity index (χ1n) is 10.4. The highest BCUT2D eigenvalue weighted by molar-refractivity contribution is 7.99. The highest BCUT2D eigenvalue weighted by atomic mass is 32.2. The standard InChI is InChI=1S/C24H30N4O2S/c1-15(2)20-10-7-16(3)11-21(20)30-13-22-26-27-24(28(22)6)31-14-23(29)25-19-9-8-17(4)18(5)12-19/h7-12,15H,13-14H2,1-6H3,(H,25,29). The van der Waals surface area contributed by atoms with Gasteiger partial charge in [-0.15, -0.1) is 10.2 Å². The molecular weight excluding hydrogens is 408 g/mol. The number of benzene rings is 2. The number of hydrogen-bond acceptors (Lipinski definition) is 5. The topological polar surface area (TPSA) is 69.0 Å². The first kappa shape index (κ1) is 22.9. The first-order valence-corrected chi connectivity index (χ1v) is 11.3. The van der Waals surface area contributed by atoms with Gasteiger partial charge in [-0.2, -0.15) is 0 Å². The minimum absolute atomic E-state index is 0.0737. The van der Waals surface area contributed by atoms with Crippen LogP contribution >= 0.6 is 11.8 Å². The molecule has 0 aliphatic heterocycles. The summed E-state index contributed by atoms with van der Waals surface area (Å²) < 4.78 is 7.95. The molecule has 1 aromatic heterocycles. The van der Waals surface area contributed by atoms with Crippen LogP contribution < -0.4 is 10.1 Å². The van der Waals surface area contributed by atoms with E-state index in [1.54, 1.807) is 0 Å². The van der Waals surface area contributed by atoms with Crippen LogP contribution in [0.5, 0.6) is 5.75 Å². The summed E-state index contributed by atoms with van der Waals surface area (Å²) in [4.78, 5) is 12.3. The van der Waals surface area contributed by atoms with Crippen LogP contribution in [0.1, 0.15) is 47.8 Å². The predicted octanol–water partition coefficient (Wildman–Crippen LogP) is 5.17. The molecule has 0 saturated heterocycles. The van der Waals surface area contributed by atoms with Gasteiger partial charge in [0.15, 0.2) is 11.0 Å². The van der Waals surface area contributed by atoms with Crippen LogP contribution in [0.3, 0.4) is 0 Å². The van der Waals surface area contributed by atoms with Gasteiger partial charge in [0.25, 0.3) is 0 Å². The number of amides is 1. The minimum Gasteiger partial charge on any atom is -0.485 e. The SMILES string of the molecule is Cc1ccc(C(C)C)c(OCc2nnc(SCC(=O)Nc3ccc(C)c(C)c3)n2C)c1. The maximum absolute atomic E-state index is 12.3. The van der Waals surface area contributed by atoms with Crippen LogP contribution in [0.25, 0.3) is 0 Å². The highest BCUT2D eigenvalue weighted by Crippen LogP contribution is 2.28. The Morgan fingerprint density at radius 1 is 1.10 bits per heavy atom. The number of carbonyl (C=O) groups excluding carboxylic acids is 1. The van der Waals surface area contributed by atoms with Crippen LogP contribution in [0.4, 0.5) is 5.69 Å². The third-order valence-electron chi connectivity index (χ3n) is 5.20. The Morgan fingerprint density at radius 3 is 2.58 bits per heavy atom. The van der Waals surface area contributed by atoms with Crippen molar-refractivity contribution in [3.63, 3.8) is 0 Å². The maximum atomic E-state index is 12.3. The van der Waals surface area contributed by atoms with Gasteiger partial charge in [-0.25, -0.2) is 0 Å². The number of aryl methyl sites for hydroxylation is 3. The number of aromatic nitrogens is 3. The number of nitrogens with one attached hydrogen (secondary N) is 1. The summed E-state index contributed by atoms with van der Waals surface area (Å²) in [5, 5.41) is 12.1. The molecule has 0 aliphatic carbocycles. The summed E-state index contributed by atoms with van der Waals surface area (Å²) in [6.07, 6.45) is 0. The summed E-state index contributed by atoms with van der Waals surface area (Å²) in [5.41, 5.74) is 5.48. The van der Waals surface area contributed by atoms with Crippen molar-refractivity contribution in [3.8, 4) is 5.75 Å². The van der Waals surface area contributed by atoms with Crippen LogP contribution in [-0.4, -0.2) is 26.4 Å². The molecule has 0 saturated carbocycles. The fourth-order valence-electron chi connectivity index (χ4n) is 3.13. The van der Waals surface area contributed by atoms with Gasteiger partial charge in [0.1, 0.15) is 12.4 Å². The van der Waals surface area contributed by atoms with Crippen molar-refractivity contribution < 1.29 is 9.53 Å². The molecule has 31 heavy (non-hydrogen) atoms. The van der Waals surface area contributed by atoms with E-state index in [-0.39, 0.29) is 11.7 Å². The number of anilines is 1. The Morgan fingerprint density at radius 2 is 1.87 bits per heavy atom. The Labute approximate surface area is 188 Å². The molecule has 3 rings (SSSR count). The molecule has 6 nitrogen and oxygen atoms in total. The van der Waals surface area contributed by atoms with Crippen molar-refractivity contribution in [2.45, 2.75) is 52.3 Å². The number of nitrogens with zero attached hydrogens (tertiary/aromatic N) is 3. The molecular formula is C24H30N4O2S. The van der Waals surface area contributed by atoms with E-state index in [2.05, 4.69) is 61.4 Å². The lowest BCUT2D eigenvalue weighted by Gasteiger charge is -2.14. The van der Waals surface area contributed by atoms with Crippen molar-refractivity contribution in [3.05, 3.63) is 64.5 Å². The molecule has 0 fully saturated rings. The van der Waals surface area contributed by atoms with Gasteiger partial charge in [0.05, 0.1) is 5.75 Å².